The summed E-state index contributed by atoms with van der Waals surface area (Å²) in [5.74, 6) is 0.541. The first-order valence-corrected chi connectivity index (χ1v) is 9.22. The minimum Gasteiger partial charge on any atom is -0.495 e. The van der Waals surface area contributed by atoms with E-state index in [0.29, 0.717) is 6.54 Å². The van der Waals surface area contributed by atoms with Crippen LogP contribution in [-0.4, -0.2) is 50.1 Å². The van der Waals surface area contributed by atoms with Gasteiger partial charge in [0.05, 0.1) is 18.8 Å². The predicted octanol–water partition coefficient (Wildman–Crippen LogP) is 2.66. The second-order valence-electron chi connectivity index (χ2n) is 6.72. The molecule has 1 saturated heterocycles. The number of ether oxygens (including phenoxy) is 1. The predicted molar refractivity (Wildman–Crippen MR) is 104 cm³/mol. The molecular formula is C21H26FN3O2. The molecule has 27 heavy (non-hydrogen) atoms. The first kappa shape index (κ1) is 19.2. The zero-order valence-corrected chi connectivity index (χ0v) is 15.8. The third-order valence-electron chi connectivity index (χ3n) is 5.02. The van der Waals surface area contributed by atoms with E-state index in [1.165, 1.54) is 12.1 Å². The van der Waals surface area contributed by atoms with Gasteiger partial charge in [0.15, 0.2) is 0 Å². The molecule has 2 aromatic rings. The van der Waals surface area contributed by atoms with Crippen molar-refractivity contribution >= 4 is 11.6 Å². The number of carbonyl (C=O) groups is 1. The third-order valence-corrected chi connectivity index (χ3v) is 5.02. The summed E-state index contributed by atoms with van der Waals surface area (Å²) in [5, 5.41) is 2.90. The maximum atomic E-state index is 13.2. The smallest absolute Gasteiger partial charge is 0.237 e. The van der Waals surface area contributed by atoms with Crippen molar-refractivity contribution in [2.45, 2.75) is 19.5 Å². The summed E-state index contributed by atoms with van der Waals surface area (Å²) < 4.78 is 18.7. The van der Waals surface area contributed by atoms with Crippen molar-refractivity contribution in [1.29, 1.82) is 0 Å². The van der Waals surface area contributed by atoms with Crippen molar-refractivity contribution in [3.05, 3.63) is 59.9 Å². The van der Waals surface area contributed by atoms with Crippen molar-refractivity contribution in [1.82, 2.24) is 10.2 Å². The van der Waals surface area contributed by atoms with Gasteiger partial charge in [-0.05, 0) is 36.8 Å². The molecule has 1 aliphatic rings. The SMILES string of the molecule is COc1ccccc1N1CCN(C(C)C(=O)NCc2cccc(F)c2)CC1. The number of nitrogens with one attached hydrogen (secondary N) is 1. The van der Waals surface area contributed by atoms with Gasteiger partial charge in [0.25, 0.3) is 0 Å². The lowest BCUT2D eigenvalue weighted by atomic mass is 10.1. The number of piperazine rings is 1. The maximum absolute atomic E-state index is 13.2. The van der Waals surface area contributed by atoms with Crippen LogP contribution in [0.3, 0.4) is 0 Å². The molecule has 0 aliphatic carbocycles. The Bertz CT molecular complexity index is 776. The maximum Gasteiger partial charge on any atom is 0.237 e. The van der Waals surface area contributed by atoms with Gasteiger partial charge in [-0.15, -0.1) is 0 Å². The second-order valence-corrected chi connectivity index (χ2v) is 6.72. The number of para-hydroxylation sites is 2. The minimum atomic E-state index is -0.290. The van der Waals surface area contributed by atoms with Crippen LogP contribution in [0.5, 0.6) is 5.75 Å². The molecule has 1 unspecified atom stereocenters. The minimum absolute atomic E-state index is 0.0370. The first-order chi connectivity index (χ1) is 13.1. The van der Waals surface area contributed by atoms with Crippen molar-refractivity contribution in [3.8, 4) is 5.75 Å². The summed E-state index contributed by atoms with van der Waals surface area (Å²) in [7, 11) is 1.68. The number of rotatable bonds is 6. The van der Waals surface area contributed by atoms with Crippen molar-refractivity contribution in [2.75, 3.05) is 38.2 Å². The van der Waals surface area contributed by atoms with Crippen LogP contribution in [0.15, 0.2) is 48.5 Å². The van der Waals surface area contributed by atoms with E-state index in [0.717, 1.165) is 43.2 Å². The summed E-state index contributed by atoms with van der Waals surface area (Å²) in [6, 6.07) is 14.1. The highest BCUT2D eigenvalue weighted by atomic mass is 19.1. The van der Waals surface area contributed by atoms with Crippen LogP contribution in [0.2, 0.25) is 0 Å². The van der Waals surface area contributed by atoms with E-state index in [2.05, 4.69) is 21.2 Å². The fourth-order valence-electron chi connectivity index (χ4n) is 3.39. The van der Waals surface area contributed by atoms with Crippen molar-refractivity contribution in [3.63, 3.8) is 0 Å². The molecule has 1 heterocycles. The van der Waals surface area contributed by atoms with Crippen LogP contribution in [-0.2, 0) is 11.3 Å². The van der Waals surface area contributed by atoms with Crippen LogP contribution in [0, 0.1) is 5.82 Å². The van der Waals surface area contributed by atoms with Crippen LogP contribution < -0.4 is 15.0 Å². The molecule has 0 spiro atoms. The van der Waals surface area contributed by atoms with Gasteiger partial charge in [0.2, 0.25) is 5.91 Å². The fraction of sp³-hybridized carbons (Fsp3) is 0.381. The number of hydrogen-bond acceptors (Lipinski definition) is 4. The van der Waals surface area contributed by atoms with Crippen molar-refractivity contribution < 1.29 is 13.9 Å². The highest BCUT2D eigenvalue weighted by Crippen LogP contribution is 2.28. The van der Waals surface area contributed by atoms with Crippen LogP contribution in [0.25, 0.3) is 0 Å². The number of halogens is 1. The van der Waals surface area contributed by atoms with Gasteiger partial charge >= 0.3 is 0 Å². The average molecular weight is 371 g/mol. The molecule has 6 heteroatoms. The van der Waals surface area contributed by atoms with Gasteiger partial charge in [-0.25, -0.2) is 4.39 Å². The number of anilines is 1. The quantitative estimate of drug-likeness (QED) is 0.848. The Morgan fingerprint density at radius 3 is 2.59 bits per heavy atom. The normalized spacial score (nSPS) is 16.0. The van der Waals surface area contributed by atoms with Gasteiger partial charge in [-0.1, -0.05) is 24.3 Å². The molecule has 1 aliphatic heterocycles. The topological polar surface area (TPSA) is 44.8 Å². The zero-order valence-electron chi connectivity index (χ0n) is 15.8. The van der Waals surface area contributed by atoms with E-state index in [-0.39, 0.29) is 17.8 Å². The lowest BCUT2D eigenvalue weighted by Gasteiger charge is -2.38. The molecule has 2 aromatic carbocycles. The molecule has 0 saturated carbocycles. The van der Waals surface area contributed by atoms with E-state index < -0.39 is 0 Å². The first-order valence-electron chi connectivity index (χ1n) is 9.22. The van der Waals surface area contributed by atoms with E-state index >= 15 is 0 Å². The standard InChI is InChI=1S/C21H26FN3O2/c1-16(21(26)23-15-17-6-5-7-18(22)14-17)24-10-12-25(13-11-24)19-8-3-4-9-20(19)27-2/h3-9,14,16H,10-13,15H2,1-2H3,(H,23,26). The van der Waals surface area contributed by atoms with Gasteiger partial charge in [0.1, 0.15) is 11.6 Å². The number of nitrogens with zero attached hydrogens (tertiary/aromatic N) is 2. The van der Waals surface area contributed by atoms with E-state index in [9.17, 15) is 9.18 Å². The van der Waals surface area contributed by atoms with Crippen LogP contribution >= 0.6 is 0 Å². The summed E-state index contributed by atoms with van der Waals surface area (Å²) in [5.41, 5.74) is 1.85. The summed E-state index contributed by atoms with van der Waals surface area (Å²) in [6.07, 6.45) is 0. The lowest BCUT2D eigenvalue weighted by Crippen LogP contribution is -2.53. The molecule has 1 N–H and O–H groups in total. The highest BCUT2D eigenvalue weighted by molar-refractivity contribution is 5.81. The van der Waals surface area contributed by atoms with E-state index in [1.807, 2.05) is 25.1 Å². The second kappa shape index (κ2) is 8.86. The largest absolute Gasteiger partial charge is 0.495 e. The molecule has 0 radical (unpaired) electrons. The summed E-state index contributed by atoms with van der Waals surface area (Å²) in [6.45, 7) is 5.52. The lowest BCUT2D eigenvalue weighted by molar-refractivity contribution is -0.126. The zero-order chi connectivity index (χ0) is 19.2. The average Bonchev–Trinajstić information content (AvgIpc) is 2.71. The van der Waals surface area contributed by atoms with Crippen molar-refractivity contribution in [2.24, 2.45) is 0 Å². The summed E-state index contributed by atoms with van der Waals surface area (Å²) >= 11 is 0. The number of methoxy groups -OCH3 is 1. The Labute approximate surface area is 159 Å². The number of carbonyl (C=O) groups excluding carboxylic acids is 1. The molecule has 5 nitrogen and oxygen atoms in total. The Balaban J connectivity index is 1.51. The van der Waals surface area contributed by atoms with Gasteiger partial charge in [-0.3, -0.25) is 9.69 Å². The van der Waals surface area contributed by atoms with Crippen LogP contribution in [0.4, 0.5) is 10.1 Å². The molecule has 1 atom stereocenters. The Kier molecular flexibility index (Phi) is 6.29. The molecule has 144 valence electrons. The third kappa shape index (κ3) is 4.77. The number of amides is 1. The molecule has 1 amide bonds. The van der Waals surface area contributed by atoms with Crippen LogP contribution in [0.1, 0.15) is 12.5 Å². The van der Waals surface area contributed by atoms with Gasteiger partial charge in [-0.2, -0.15) is 0 Å². The summed E-state index contributed by atoms with van der Waals surface area (Å²) in [4.78, 5) is 16.9. The molecule has 3 rings (SSSR count). The van der Waals surface area contributed by atoms with E-state index in [1.54, 1.807) is 19.2 Å². The van der Waals surface area contributed by atoms with Gasteiger partial charge < -0.3 is 15.0 Å². The Morgan fingerprint density at radius 2 is 1.89 bits per heavy atom. The van der Waals surface area contributed by atoms with Gasteiger partial charge in [0, 0.05) is 32.7 Å². The number of benzene rings is 2. The fourth-order valence-corrected chi connectivity index (χ4v) is 3.39. The van der Waals surface area contributed by atoms with E-state index in [4.69, 9.17) is 4.74 Å². The highest BCUT2D eigenvalue weighted by Gasteiger charge is 2.26. The Hall–Kier alpha value is -2.60. The number of hydrogen-bond donors (Lipinski definition) is 1. The molecule has 0 bridgehead atoms. The Morgan fingerprint density at radius 1 is 1.15 bits per heavy atom. The molecule has 0 aromatic heterocycles. The molecular weight excluding hydrogens is 345 g/mol. The molecule has 1 fully saturated rings. The monoisotopic (exact) mass is 371 g/mol.